The smallest absolute Gasteiger partial charge is 0.310 e. The van der Waals surface area contributed by atoms with Crippen molar-refractivity contribution in [3.63, 3.8) is 0 Å². The Hall–Kier alpha value is -1.50. The van der Waals surface area contributed by atoms with Gasteiger partial charge in [0.1, 0.15) is 23.0 Å². The van der Waals surface area contributed by atoms with E-state index in [0.717, 1.165) is 19.3 Å². The van der Waals surface area contributed by atoms with Gasteiger partial charge in [0.15, 0.2) is 0 Å². The van der Waals surface area contributed by atoms with Crippen molar-refractivity contribution < 1.29 is 19.7 Å². The molecule has 1 aliphatic rings. The lowest BCUT2D eigenvalue weighted by Crippen LogP contribution is -2.48. The number of carboxylic acids is 1. The molecule has 3 atom stereocenters. The van der Waals surface area contributed by atoms with Gasteiger partial charge in [-0.2, -0.15) is 0 Å². The monoisotopic (exact) mass is 529 g/mol. The maximum atomic E-state index is 11.3. The van der Waals surface area contributed by atoms with Crippen molar-refractivity contribution in [2.75, 3.05) is 6.54 Å². The number of β-amino-alcohol motifs (C(OH)–C–C–N with tert-alkyl or cyclic N) is 1. The standard InChI is InChI=1S/C26H33Cl2NO4.ClH/c1-15(25(31)32)20-9-10-22(24(28)23(20)27)33-16(2)21(30)14-29-26(3,4)13-17-11-18-7-5-6-8-19(18)12-17;/h5-10,15-17,21,29-30H,11-14H2,1-4H3,(H,31,32);1H/t15?,16-,21+;/m0./s1. The zero-order valence-electron chi connectivity index (χ0n) is 20.0. The van der Waals surface area contributed by atoms with Gasteiger partial charge in [-0.25, -0.2) is 0 Å². The van der Waals surface area contributed by atoms with Gasteiger partial charge in [0.05, 0.1) is 10.9 Å². The molecule has 0 aliphatic heterocycles. The summed E-state index contributed by atoms with van der Waals surface area (Å²) in [7, 11) is 0. The van der Waals surface area contributed by atoms with E-state index < -0.39 is 24.1 Å². The molecule has 0 bridgehead atoms. The number of benzene rings is 2. The van der Waals surface area contributed by atoms with Crippen LogP contribution >= 0.6 is 35.6 Å². The fourth-order valence-corrected chi connectivity index (χ4v) is 5.06. The number of fused-ring (bicyclic) bond motifs is 1. The van der Waals surface area contributed by atoms with Crippen LogP contribution in [0.3, 0.4) is 0 Å². The minimum absolute atomic E-state index is 0. The topological polar surface area (TPSA) is 78.8 Å². The molecule has 0 spiro atoms. The van der Waals surface area contributed by atoms with Gasteiger partial charge in [-0.3, -0.25) is 4.79 Å². The molecule has 0 aromatic heterocycles. The molecular formula is C26H34Cl3NO4. The van der Waals surface area contributed by atoms with Crippen LogP contribution in [0.2, 0.25) is 10.0 Å². The van der Waals surface area contributed by atoms with Crippen molar-refractivity contribution in [1.82, 2.24) is 5.32 Å². The van der Waals surface area contributed by atoms with Crippen LogP contribution in [0.1, 0.15) is 56.7 Å². The van der Waals surface area contributed by atoms with Crippen molar-refractivity contribution >= 4 is 41.6 Å². The third-order valence-corrected chi connectivity index (χ3v) is 7.37. The fraction of sp³-hybridized carbons (Fsp3) is 0.500. The molecule has 3 N–H and O–H groups in total. The summed E-state index contributed by atoms with van der Waals surface area (Å²) < 4.78 is 5.87. The Morgan fingerprint density at radius 2 is 1.71 bits per heavy atom. The number of aliphatic hydroxyl groups is 1. The fourth-order valence-electron chi connectivity index (χ4n) is 4.52. The van der Waals surface area contributed by atoms with Crippen molar-refractivity contribution in [3.8, 4) is 5.75 Å². The van der Waals surface area contributed by atoms with Crippen LogP contribution < -0.4 is 10.1 Å². The Morgan fingerprint density at radius 3 is 2.26 bits per heavy atom. The summed E-state index contributed by atoms with van der Waals surface area (Å²) in [5, 5.41) is 23.7. The minimum Gasteiger partial charge on any atom is -0.486 e. The molecule has 1 unspecified atom stereocenters. The van der Waals surface area contributed by atoms with Crippen molar-refractivity contribution in [2.45, 2.75) is 70.6 Å². The van der Waals surface area contributed by atoms with Crippen LogP contribution in [0.25, 0.3) is 0 Å². The summed E-state index contributed by atoms with van der Waals surface area (Å²) in [5.41, 5.74) is 3.18. The van der Waals surface area contributed by atoms with E-state index in [0.29, 0.717) is 23.8 Å². The van der Waals surface area contributed by atoms with E-state index in [2.05, 4.69) is 43.4 Å². The highest BCUT2D eigenvalue weighted by atomic mass is 35.5. The van der Waals surface area contributed by atoms with E-state index in [4.69, 9.17) is 27.9 Å². The third kappa shape index (κ3) is 7.02. The van der Waals surface area contributed by atoms with Gasteiger partial charge in [0.25, 0.3) is 0 Å². The molecule has 0 fully saturated rings. The molecular weight excluding hydrogens is 497 g/mol. The van der Waals surface area contributed by atoms with Crippen molar-refractivity contribution in [3.05, 3.63) is 63.1 Å². The van der Waals surface area contributed by atoms with Crippen LogP contribution in [0.15, 0.2) is 36.4 Å². The number of ether oxygens (including phenoxy) is 1. The van der Waals surface area contributed by atoms with E-state index in [1.54, 1.807) is 26.0 Å². The first-order valence-electron chi connectivity index (χ1n) is 11.4. The van der Waals surface area contributed by atoms with E-state index >= 15 is 0 Å². The van der Waals surface area contributed by atoms with Gasteiger partial charge in [0, 0.05) is 12.1 Å². The zero-order chi connectivity index (χ0) is 24.3. The number of hydrogen-bond acceptors (Lipinski definition) is 4. The van der Waals surface area contributed by atoms with Gasteiger partial charge in [-0.15, -0.1) is 12.4 Å². The molecule has 0 saturated carbocycles. The molecule has 8 heteroatoms. The average Bonchev–Trinajstić information content (AvgIpc) is 3.16. The first kappa shape index (κ1) is 28.7. The molecule has 2 aromatic rings. The second-order valence-corrected chi connectivity index (χ2v) is 10.5. The van der Waals surface area contributed by atoms with Crippen LogP contribution in [0.4, 0.5) is 0 Å². The molecule has 5 nitrogen and oxygen atoms in total. The Labute approximate surface area is 218 Å². The Balaban J connectivity index is 0.00000408. The van der Waals surface area contributed by atoms with Gasteiger partial charge >= 0.3 is 5.97 Å². The summed E-state index contributed by atoms with van der Waals surface area (Å²) in [6, 6.07) is 11.8. The lowest BCUT2D eigenvalue weighted by molar-refractivity contribution is -0.138. The minimum atomic E-state index is -0.986. The molecule has 1 aliphatic carbocycles. The lowest BCUT2D eigenvalue weighted by Gasteiger charge is -2.32. The summed E-state index contributed by atoms with van der Waals surface area (Å²) in [4.78, 5) is 11.3. The molecule has 188 valence electrons. The normalized spacial score (nSPS) is 16.3. The van der Waals surface area contributed by atoms with Gasteiger partial charge < -0.3 is 20.3 Å². The predicted molar refractivity (Wildman–Crippen MR) is 140 cm³/mol. The second-order valence-electron chi connectivity index (χ2n) is 9.74. The quantitative estimate of drug-likeness (QED) is 0.356. The van der Waals surface area contributed by atoms with Gasteiger partial charge in [0.2, 0.25) is 0 Å². The first-order chi connectivity index (χ1) is 15.5. The van der Waals surface area contributed by atoms with Crippen molar-refractivity contribution in [2.24, 2.45) is 5.92 Å². The molecule has 0 heterocycles. The second kappa shape index (κ2) is 12.0. The Bertz CT molecular complexity index is 973. The number of halogens is 3. The lowest BCUT2D eigenvalue weighted by atomic mass is 9.88. The summed E-state index contributed by atoms with van der Waals surface area (Å²) in [6.45, 7) is 8.00. The maximum Gasteiger partial charge on any atom is 0.310 e. The Kier molecular flexibility index (Phi) is 10.1. The highest BCUT2D eigenvalue weighted by Crippen LogP contribution is 2.38. The highest BCUT2D eigenvalue weighted by molar-refractivity contribution is 6.43. The van der Waals surface area contributed by atoms with E-state index in [1.807, 2.05) is 0 Å². The SMILES string of the molecule is CC(C(=O)O)c1ccc(O[C@@H](C)[C@H](O)CNC(C)(C)CC2Cc3ccccc3C2)c(Cl)c1Cl.Cl. The molecule has 3 rings (SSSR count). The third-order valence-electron chi connectivity index (χ3n) is 6.49. The van der Waals surface area contributed by atoms with Gasteiger partial charge in [-0.05, 0) is 75.6 Å². The average molecular weight is 531 g/mol. The summed E-state index contributed by atoms with van der Waals surface area (Å²) in [5.74, 6) is -0.868. The van der Waals surface area contributed by atoms with E-state index in [9.17, 15) is 15.0 Å². The van der Waals surface area contributed by atoms with Gasteiger partial charge in [-0.1, -0.05) is 53.5 Å². The molecule has 34 heavy (non-hydrogen) atoms. The van der Waals surface area contributed by atoms with E-state index in [1.165, 1.54) is 11.1 Å². The van der Waals surface area contributed by atoms with E-state index in [-0.39, 0.29) is 28.0 Å². The van der Waals surface area contributed by atoms with Crippen LogP contribution in [0.5, 0.6) is 5.75 Å². The molecule has 0 saturated heterocycles. The number of carboxylic acid groups (broad SMARTS) is 1. The number of aliphatic carboxylic acids is 1. The maximum absolute atomic E-state index is 11.3. The van der Waals surface area contributed by atoms with Crippen molar-refractivity contribution in [1.29, 1.82) is 0 Å². The summed E-state index contributed by atoms with van der Waals surface area (Å²) in [6.07, 6.45) is 1.89. The highest BCUT2D eigenvalue weighted by Gasteiger charge is 2.29. The summed E-state index contributed by atoms with van der Waals surface area (Å²) >= 11 is 12.6. The number of hydrogen-bond donors (Lipinski definition) is 3. The van der Waals surface area contributed by atoms with Crippen LogP contribution in [-0.4, -0.2) is 40.5 Å². The van der Waals surface area contributed by atoms with Crippen LogP contribution in [-0.2, 0) is 17.6 Å². The molecule has 0 amide bonds. The number of nitrogens with one attached hydrogen (secondary N) is 1. The zero-order valence-corrected chi connectivity index (χ0v) is 22.3. The number of carbonyl (C=O) groups is 1. The predicted octanol–water partition coefficient (Wildman–Crippen LogP) is 5.90. The first-order valence-corrected chi connectivity index (χ1v) is 12.1. The van der Waals surface area contributed by atoms with Crippen LogP contribution in [0, 0.1) is 5.92 Å². The number of aliphatic hydroxyl groups excluding tert-OH is 1. The molecule has 0 radical (unpaired) electrons. The Morgan fingerprint density at radius 1 is 1.12 bits per heavy atom. The largest absolute Gasteiger partial charge is 0.486 e. The number of rotatable bonds is 10. The molecule has 2 aromatic carbocycles.